The van der Waals surface area contributed by atoms with E-state index in [9.17, 15) is 20.2 Å². The number of ketones is 1. The Balaban J connectivity index is 1.91. The molecule has 0 amide bonds. The first kappa shape index (κ1) is 17.8. The van der Waals surface area contributed by atoms with Crippen LogP contribution in [0.5, 0.6) is 0 Å². The van der Waals surface area contributed by atoms with Crippen molar-refractivity contribution in [2.24, 2.45) is 0 Å². The van der Waals surface area contributed by atoms with Gasteiger partial charge in [-0.3, -0.25) is 14.9 Å². The number of carbonyl (C=O) groups excluding carboxylic acids is 1. The number of non-ortho nitro benzene ring substituents is 1. The number of hydrogen-bond donors (Lipinski definition) is 0. The minimum Gasteiger partial charge on any atom is -0.457 e. The van der Waals surface area contributed by atoms with E-state index in [2.05, 4.69) is 0 Å². The molecule has 0 unspecified atom stereocenters. The second-order valence-electron chi connectivity index (χ2n) is 5.88. The van der Waals surface area contributed by atoms with Crippen molar-refractivity contribution in [3.8, 4) is 17.4 Å². The minimum absolute atomic E-state index is 0.0478. The summed E-state index contributed by atoms with van der Waals surface area (Å²) in [4.78, 5) is 22.9. The van der Waals surface area contributed by atoms with Gasteiger partial charge in [0.05, 0.1) is 4.92 Å². The smallest absolute Gasteiger partial charge is 0.270 e. The van der Waals surface area contributed by atoms with Gasteiger partial charge >= 0.3 is 0 Å². The van der Waals surface area contributed by atoms with Crippen LogP contribution in [0.25, 0.3) is 17.4 Å². The molecule has 0 radical (unpaired) electrons. The molecule has 132 valence electrons. The Morgan fingerprint density at radius 1 is 1.15 bits per heavy atom. The Morgan fingerprint density at radius 3 is 2.63 bits per heavy atom. The van der Waals surface area contributed by atoms with Crippen molar-refractivity contribution < 1.29 is 14.1 Å². The molecule has 1 aromatic heterocycles. The molecule has 1 heterocycles. The van der Waals surface area contributed by atoms with Crippen molar-refractivity contribution in [1.82, 2.24) is 0 Å². The van der Waals surface area contributed by atoms with Crippen LogP contribution in [0.2, 0.25) is 0 Å². The Bertz CT molecular complexity index is 1100. The molecule has 6 nitrogen and oxygen atoms in total. The lowest BCUT2D eigenvalue weighted by atomic mass is 10.0. The highest BCUT2D eigenvalue weighted by Gasteiger charge is 2.14. The lowest BCUT2D eigenvalue weighted by molar-refractivity contribution is -0.384. The van der Waals surface area contributed by atoms with Gasteiger partial charge in [-0.15, -0.1) is 0 Å². The molecule has 0 fully saturated rings. The van der Waals surface area contributed by atoms with Crippen molar-refractivity contribution in [3.63, 3.8) is 0 Å². The van der Waals surface area contributed by atoms with Crippen molar-refractivity contribution in [3.05, 3.63) is 93.2 Å². The molecule has 0 atom stereocenters. The largest absolute Gasteiger partial charge is 0.457 e. The summed E-state index contributed by atoms with van der Waals surface area (Å²) in [6.45, 7) is 1.87. The zero-order valence-corrected chi connectivity index (χ0v) is 14.4. The van der Waals surface area contributed by atoms with Gasteiger partial charge in [0.1, 0.15) is 23.2 Å². The van der Waals surface area contributed by atoms with Crippen molar-refractivity contribution >= 4 is 17.5 Å². The molecule has 3 rings (SSSR count). The predicted molar refractivity (Wildman–Crippen MR) is 99.9 cm³/mol. The van der Waals surface area contributed by atoms with E-state index in [1.807, 2.05) is 19.1 Å². The number of hydrogen-bond acceptors (Lipinski definition) is 5. The topological polar surface area (TPSA) is 97.1 Å². The molecular weight excluding hydrogens is 344 g/mol. The molecule has 2 aromatic carbocycles. The highest BCUT2D eigenvalue weighted by molar-refractivity contribution is 6.13. The number of nitriles is 1. The third-order valence-corrected chi connectivity index (χ3v) is 3.90. The van der Waals surface area contributed by atoms with Gasteiger partial charge < -0.3 is 4.42 Å². The Labute approximate surface area is 155 Å². The van der Waals surface area contributed by atoms with Crippen LogP contribution in [0.1, 0.15) is 21.7 Å². The molecule has 0 saturated carbocycles. The first-order chi connectivity index (χ1) is 13.0. The highest BCUT2D eigenvalue weighted by atomic mass is 16.6. The van der Waals surface area contributed by atoms with Gasteiger partial charge in [0, 0.05) is 29.3 Å². The third kappa shape index (κ3) is 3.99. The van der Waals surface area contributed by atoms with E-state index in [0.717, 1.165) is 5.56 Å². The number of benzene rings is 2. The fraction of sp³-hybridized carbons (Fsp3) is 0.0476. The molecule has 0 aliphatic heterocycles. The normalized spacial score (nSPS) is 11.0. The number of nitro benzene ring substituents is 1. The lowest BCUT2D eigenvalue weighted by Crippen LogP contribution is -2.01. The molecule has 0 N–H and O–H groups in total. The van der Waals surface area contributed by atoms with E-state index in [1.54, 1.807) is 42.5 Å². The van der Waals surface area contributed by atoms with E-state index in [1.165, 1.54) is 18.2 Å². The number of nitro groups is 1. The summed E-state index contributed by atoms with van der Waals surface area (Å²) >= 11 is 0. The van der Waals surface area contributed by atoms with Gasteiger partial charge in [0.2, 0.25) is 5.78 Å². The fourth-order valence-electron chi connectivity index (χ4n) is 2.59. The van der Waals surface area contributed by atoms with Gasteiger partial charge in [-0.25, -0.2) is 0 Å². The van der Waals surface area contributed by atoms with Crippen molar-refractivity contribution in [1.29, 1.82) is 5.26 Å². The summed E-state index contributed by atoms with van der Waals surface area (Å²) in [5.41, 5.74) is 1.78. The molecular formula is C21H14N2O4. The average molecular weight is 358 g/mol. The monoisotopic (exact) mass is 358 g/mol. The lowest BCUT2D eigenvalue weighted by Gasteiger charge is -2.00. The summed E-state index contributed by atoms with van der Waals surface area (Å²) in [6, 6.07) is 18.2. The maximum absolute atomic E-state index is 12.5. The van der Waals surface area contributed by atoms with E-state index >= 15 is 0 Å². The first-order valence-electron chi connectivity index (χ1n) is 8.06. The zero-order chi connectivity index (χ0) is 19.4. The number of aryl methyl sites for hydroxylation is 1. The molecule has 0 aliphatic rings. The van der Waals surface area contributed by atoms with E-state index in [0.29, 0.717) is 22.6 Å². The molecule has 0 saturated heterocycles. The summed E-state index contributed by atoms with van der Waals surface area (Å²) in [5, 5.41) is 20.3. The van der Waals surface area contributed by atoms with Crippen LogP contribution >= 0.6 is 0 Å². The van der Waals surface area contributed by atoms with E-state index in [4.69, 9.17) is 4.42 Å². The fourth-order valence-corrected chi connectivity index (χ4v) is 2.59. The number of carbonyl (C=O) groups is 1. The van der Waals surface area contributed by atoms with Gasteiger partial charge in [0.15, 0.2) is 0 Å². The maximum atomic E-state index is 12.5. The SMILES string of the molecule is Cc1cccc(C(=O)/C(C#N)=C/c2ccc(-c3cccc([N+](=O)[O-])c3)o2)c1. The van der Waals surface area contributed by atoms with Gasteiger partial charge in [0.25, 0.3) is 5.69 Å². The van der Waals surface area contributed by atoms with Gasteiger partial charge in [-0.05, 0) is 25.1 Å². The Hall–Kier alpha value is -3.98. The number of furan rings is 1. The average Bonchev–Trinajstić information content (AvgIpc) is 3.14. The predicted octanol–water partition coefficient (Wildman–Crippen LogP) is 4.95. The van der Waals surface area contributed by atoms with Crippen LogP contribution in [-0.4, -0.2) is 10.7 Å². The van der Waals surface area contributed by atoms with E-state index < -0.39 is 10.7 Å². The van der Waals surface area contributed by atoms with E-state index in [-0.39, 0.29) is 11.3 Å². The molecule has 0 aliphatic carbocycles. The minimum atomic E-state index is -0.485. The second-order valence-corrected chi connectivity index (χ2v) is 5.88. The Kier molecular flexibility index (Phi) is 4.95. The molecule has 0 bridgehead atoms. The molecule has 27 heavy (non-hydrogen) atoms. The van der Waals surface area contributed by atoms with Crippen LogP contribution in [0, 0.1) is 28.4 Å². The van der Waals surface area contributed by atoms with Crippen LogP contribution in [-0.2, 0) is 0 Å². The van der Waals surface area contributed by atoms with Crippen molar-refractivity contribution in [2.45, 2.75) is 6.92 Å². The quantitative estimate of drug-likeness (QED) is 0.211. The standard InChI is InChI=1S/C21H14N2O4/c1-14-4-2-6-16(10-14)21(24)17(13-22)12-19-8-9-20(27-19)15-5-3-7-18(11-15)23(25)26/h2-12H,1H3/b17-12+. The Morgan fingerprint density at radius 2 is 1.93 bits per heavy atom. The highest BCUT2D eigenvalue weighted by Crippen LogP contribution is 2.27. The zero-order valence-electron chi connectivity index (χ0n) is 14.4. The summed E-state index contributed by atoms with van der Waals surface area (Å²) in [5.74, 6) is 0.328. The summed E-state index contributed by atoms with van der Waals surface area (Å²) in [7, 11) is 0. The second kappa shape index (κ2) is 7.50. The number of rotatable bonds is 5. The molecule has 0 spiro atoms. The third-order valence-electron chi connectivity index (χ3n) is 3.90. The summed E-state index contributed by atoms with van der Waals surface area (Å²) < 4.78 is 5.64. The van der Waals surface area contributed by atoms with Crippen molar-refractivity contribution in [2.75, 3.05) is 0 Å². The number of Topliss-reactive ketones (excluding diaryl/α,β-unsaturated/α-hetero) is 1. The van der Waals surface area contributed by atoms with Crippen LogP contribution in [0.3, 0.4) is 0 Å². The molecule has 6 heteroatoms. The maximum Gasteiger partial charge on any atom is 0.270 e. The molecule has 3 aromatic rings. The van der Waals surface area contributed by atoms with Gasteiger partial charge in [-0.1, -0.05) is 35.9 Å². The van der Waals surface area contributed by atoms with Gasteiger partial charge in [-0.2, -0.15) is 5.26 Å². The van der Waals surface area contributed by atoms with Crippen LogP contribution in [0.15, 0.2) is 70.7 Å². The first-order valence-corrected chi connectivity index (χ1v) is 8.06. The number of nitrogens with zero attached hydrogens (tertiary/aromatic N) is 2. The number of allylic oxidation sites excluding steroid dienone is 1. The summed E-state index contributed by atoms with van der Waals surface area (Å²) in [6.07, 6.45) is 1.37. The van der Waals surface area contributed by atoms with Crippen LogP contribution < -0.4 is 0 Å². The van der Waals surface area contributed by atoms with Crippen LogP contribution in [0.4, 0.5) is 5.69 Å².